The van der Waals surface area contributed by atoms with E-state index in [2.05, 4.69) is 27.0 Å². The molecule has 0 bridgehead atoms. The summed E-state index contributed by atoms with van der Waals surface area (Å²) in [5, 5.41) is 13.7. The van der Waals surface area contributed by atoms with Crippen molar-refractivity contribution in [3.8, 4) is 0 Å². The molecule has 1 aliphatic carbocycles. The zero-order valence-corrected chi connectivity index (χ0v) is 13.0. The maximum absolute atomic E-state index is 6.44. The van der Waals surface area contributed by atoms with Crippen LogP contribution >= 0.6 is 11.6 Å². The van der Waals surface area contributed by atoms with E-state index in [-0.39, 0.29) is 6.17 Å². The van der Waals surface area contributed by atoms with Gasteiger partial charge >= 0.3 is 0 Å². The van der Waals surface area contributed by atoms with Crippen molar-refractivity contribution in [1.29, 1.82) is 0 Å². The number of aromatic nitrogens is 2. The number of nitrogens with zero attached hydrogens (tertiary/aromatic N) is 3. The number of hydrogen-bond acceptors (Lipinski definition) is 5. The van der Waals surface area contributed by atoms with Crippen LogP contribution in [0.1, 0.15) is 19.3 Å². The standard InChI is InChI=1S/C15H17ClN6/c1-22-15(19-14(21-22)9-4-2-3-5-9)18-12-7-6-11-10(13(12)16)8-17-20-11/h4,6-8,14,21H,2-3,5H2,1H3,(H,17,20)(H,18,19). The molecule has 0 radical (unpaired) electrons. The highest BCUT2D eigenvalue weighted by molar-refractivity contribution is 6.38. The van der Waals surface area contributed by atoms with Crippen LogP contribution in [0.4, 0.5) is 5.69 Å². The fourth-order valence-corrected chi connectivity index (χ4v) is 3.17. The number of aliphatic imine (C=N–C) groups is 1. The van der Waals surface area contributed by atoms with E-state index in [0.717, 1.165) is 35.4 Å². The first-order valence-electron chi connectivity index (χ1n) is 7.37. The molecule has 2 heterocycles. The first-order valence-corrected chi connectivity index (χ1v) is 7.75. The van der Waals surface area contributed by atoms with Gasteiger partial charge in [0.1, 0.15) is 6.17 Å². The van der Waals surface area contributed by atoms with Crippen LogP contribution < -0.4 is 10.7 Å². The highest BCUT2D eigenvalue weighted by atomic mass is 35.5. The minimum atomic E-state index is 0.0337. The SMILES string of the molecule is CN1NC(C2=CCCC2)N=C1Nc1ccc2[nH]ncc2c1Cl. The number of allylic oxidation sites excluding steroid dienone is 1. The largest absolute Gasteiger partial charge is 0.324 e. The Morgan fingerprint density at radius 1 is 1.41 bits per heavy atom. The van der Waals surface area contributed by atoms with Crippen molar-refractivity contribution in [2.24, 2.45) is 4.99 Å². The van der Waals surface area contributed by atoms with Gasteiger partial charge in [-0.2, -0.15) is 5.10 Å². The predicted octanol–water partition coefficient (Wildman–Crippen LogP) is 2.87. The van der Waals surface area contributed by atoms with Crippen molar-refractivity contribution in [2.75, 3.05) is 12.4 Å². The van der Waals surface area contributed by atoms with Gasteiger partial charge in [-0.05, 0) is 37.0 Å². The number of nitrogens with one attached hydrogen (secondary N) is 3. The molecule has 0 saturated carbocycles. The molecule has 22 heavy (non-hydrogen) atoms. The molecule has 1 aromatic heterocycles. The zero-order chi connectivity index (χ0) is 15.1. The smallest absolute Gasteiger partial charge is 0.214 e. The van der Waals surface area contributed by atoms with Crippen LogP contribution in [0.3, 0.4) is 0 Å². The van der Waals surface area contributed by atoms with Crippen molar-refractivity contribution in [3.05, 3.63) is 35.0 Å². The fourth-order valence-electron chi connectivity index (χ4n) is 2.91. The van der Waals surface area contributed by atoms with Crippen molar-refractivity contribution in [2.45, 2.75) is 25.4 Å². The molecule has 2 aliphatic rings. The summed E-state index contributed by atoms with van der Waals surface area (Å²) in [6, 6.07) is 3.89. The van der Waals surface area contributed by atoms with Gasteiger partial charge in [0.15, 0.2) is 0 Å². The average Bonchev–Trinajstić information content (AvgIpc) is 3.23. The molecule has 2 aromatic rings. The topological polar surface area (TPSA) is 68.3 Å². The summed E-state index contributed by atoms with van der Waals surface area (Å²) in [5.74, 6) is 0.766. The van der Waals surface area contributed by atoms with Gasteiger partial charge in [-0.3, -0.25) is 10.1 Å². The molecule has 1 aromatic carbocycles. The summed E-state index contributed by atoms with van der Waals surface area (Å²) >= 11 is 6.44. The van der Waals surface area contributed by atoms with Gasteiger partial charge in [0.2, 0.25) is 5.96 Å². The maximum Gasteiger partial charge on any atom is 0.214 e. The molecular weight excluding hydrogens is 300 g/mol. The van der Waals surface area contributed by atoms with Gasteiger partial charge in [-0.1, -0.05) is 17.7 Å². The van der Waals surface area contributed by atoms with E-state index < -0.39 is 0 Å². The van der Waals surface area contributed by atoms with Gasteiger partial charge in [0.05, 0.1) is 22.4 Å². The Hall–Kier alpha value is -2.05. The number of aromatic amines is 1. The third-order valence-electron chi connectivity index (χ3n) is 4.12. The van der Waals surface area contributed by atoms with Crippen LogP contribution in [-0.2, 0) is 0 Å². The third-order valence-corrected chi connectivity index (χ3v) is 4.52. The van der Waals surface area contributed by atoms with Crippen molar-refractivity contribution in [1.82, 2.24) is 20.6 Å². The van der Waals surface area contributed by atoms with Crippen molar-refractivity contribution in [3.63, 3.8) is 0 Å². The number of benzene rings is 1. The lowest BCUT2D eigenvalue weighted by Gasteiger charge is -2.17. The molecule has 1 aliphatic heterocycles. The predicted molar refractivity (Wildman–Crippen MR) is 88.8 cm³/mol. The summed E-state index contributed by atoms with van der Waals surface area (Å²) in [6.45, 7) is 0. The molecule has 7 heteroatoms. The first kappa shape index (κ1) is 13.6. The highest BCUT2D eigenvalue weighted by Gasteiger charge is 2.26. The van der Waals surface area contributed by atoms with Crippen LogP contribution in [0, 0.1) is 0 Å². The van der Waals surface area contributed by atoms with Crippen molar-refractivity contribution >= 4 is 34.2 Å². The lowest BCUT2D eigenvalue weighted by molar-refractivity contribution is 0.367. The van der Waals surface area contributed by atoms with Gasteiger partial charge in [-0.15, -0.1) is 0 Å². The number of fused-ring (bicyclic) bond motifs is 1. The second-order valence-electron chi connectivity index (χ2n) is 5.60. The number of halogens is 1. The highest BCUT2D eigenvalue weighted by Crippen LogP contribution is 2.30. The van der Waals surface area contributed by atoms with Crippen LogP contribution in [0.15, 0.2) is 35.0 Å². The van der Waals surface area contributed by atoms with Crippen LogP contribution in [-0.4, -0.2) is 34.4 Å². The summed E-state index contributed by atoms with van der Waals surface area (Å²) in [5.41, 5.74) is 6.46. The maximum atomic E-state index is 6.44. The zero-order valence-electron chi connectivity index (χ0n) is 12.2. The molecule has 1 atom stereocenters. The molecular formula is C15H17ClN6. The molecule has 3 N–H and O–H groups in total. The van der Waals surface area contributed by atoms with Crippen molar-refractivity contribution < 1.29 is 0 Å². The summed E-state index contributed by atoms with van der Waals surface area (Å²) < 4.78 is 0. The van der Waals surface area contributed by atoms with E-state index in [1.165, 1.54) is 12.0 Å². The minimum absolute atomic E-state index is 0.0337. The molecule has 0 amide bonds. The Kier molecular flexibility index (Phi) is 3.28. The number of hydrogen-bond donors (Lipinski definition) is 3. The van der Waals surface area contributed by atoms with Gasteiger partial charge < -0.3 is 5.32 Å². The average molecular weight is 317 g/mol. The van der Waals surface area contributed by atoms with Gasteiger partial charge in [-0.25, -0.2) is 10.4 Å². The Morgan fingerprint density at radius 2 is 2.32 bits per heavy atom. The van der Waals surface area contributed by atoms with Gasteiger partial charge in [0, 0.05) is 12.4 Å². The van der Waals surface area contributed by atoms with E-state index in [0.29, 0.717) is 5.02 Å². The summed E-state index contributed by atoms with van der Waals surface area (Å²) in [6.07, 6.45) is 7.53. The first-order chi connectivity index (χ1) is 10.7. The number of guanidine groups is 1. The lowest BCUT2D eigenvalue weighted by atomic mass is 10.2. The molecule has 4 rings (SSSR count). The Labute approximate surface area is 133 Å². The molecule has 1 unspecified atom stereocenters. The second-order valence-corrected chi connectivity index (χ2v) is 5.98. The monoisotopic (exact) mass is 316 g/mol. The van der Waals surface area contributed by atoms with E-state index >= 15 is 0 Å². The summed E-state index contributed by atoms with van der Waals surface area (Å²) in [7, 11) is 1.95. The quantitative estimate of drug-likeness (QED) is 0.745. The molecule has 6 nitrogen and oxygen atoms in total. The van der Waals surface area contributed by atoms with E-state index in [4.69, 9.17) is 16.6 Å². The normalized spacial score (nSPS) is 21.4. The fraction of sp³-hybridized carbons (Fsp3) is 0.333. The number of H-pyrrole nitrogens is 1. The number of rotatable bonds is 2. The Balaban J connectivity index is 1.61. The summed E-state index contributed by atoms with van der Waals surface area (Å²) in [4.78, 5) is 4.73. The molecule has 0 saturated heterocycles. The Morgan fingerprint density at radius 3 is 3.14 bits per heavy atom. The third kappa shape index (κ3) is 2.24. The lowest BCUT2D eigenvalue weighted by Crippen LogP contribution is -2.40. The van der Waals surface area contributed by atoms with E-state index in [1.54, 1.807) is 6.20 Å². The molecule has 114 valence electrons. The number of anilines is 1. The number of hydrazine groups is 1. The minimum Gasteiger partial charge on any atom is -0.324 e. The molecule has 0 fully saturated rings. The van der Waals surface area contributed by atoms with E-state index in [1.807, 2.05) is 24.2 Å². The molecule has 0 spiro atoms. The van der Waals surface area contributed by atoms with Crippen LogP contribution in [0.2, 0.25) is 5.02 Å². The van der Waals surface area contributed by atoms with Crippen LogP contribution in [0.25, 0.3) is 10.9 Å². The van der Waals surface area contributed by atoms with Crippen LogP contribution in [0.5, 0.6) is 0 Å². The second kappa shape index (κ2) is 5.30. The van der Waals surface area contributed by atoms with Gasteiger partial charge in [0.25, 0.3) is 0 Å². The Bertz CT molecular complexity index is 777. The van der Waals surface area contributed by atoms with E-state index in [9.17, 15) is 0 Å².